The van der Waals surface area contributed by atoms with Gasteiger partial charge in [0, 0.05) is 19.5 Å². The Hall–Kier alpha value is -3.01. The third-order valence-electron chi connectivity index (χ3n) is 5.00. The summed E-state index contributed by atoms with van der Waals surface area (Å²) in [7, 11) is 3.56. The van der Waals surface area contributed by atoms with Gasteiger partial charge in [-0.1, -0.05) is 30.3 Å². The van der Waals surface area contributed by atoms with Gasteiger partial charge in [0.15, 0.2) is 0 Å². The third-order valence-corrected chi connectivity index (χ3v) is 5.00. The summed E-state index contributed by atoms with van der Waals surface area (Å²) in [6.07, 6.45) is 4.75. The Labute approximate surface area is 158 Å². The first kappa shape index (κ1) is 17.4. The van der Waals surface area contributed by atoms with Crippen LogP contribution < -0.4 is 0 Å². The topological polar surface area (TPSA) is 33.2 Å². The van der Waals surface area contributed by atoms with Crippen molar-refractivity contribution in [1.82, 2.24) is 9.88 Å². The van der Waals surface area contributed by atoms with Crippen molar-refractivity contribution in [3.63, 3.8) is 0 Å². The summed E-state index contributed by atoms with van der Waals surface area (Å²) in [5, 5.41) is 0.901. The highest BCUT2D eigenvalue weighted by molar-refractivity contribution is 6.08. The summed E-state index contributed by atoms with van der Waals surface area (Å²) in [4.78, 5) is 19.5. The van der Waals surface area contributed by atoms with Crippen LogP contribution in [0.25, 0.3) is 22.6 Å². The molecule has 0 spiro atoms. The lowest BCUT2D eigenvalue weighted by molar-refractivity contribution is 0.0828. The molecule has 0 saturated heterocycles. The van der Waals surface area contributed by atoms with Crippen molar-refractivity contribution in [1.29, 1.82) is 0 Å². The van der Waals surface area contributed by atoms with Crippen molar-refractivity contribution in [3.05, 3.63) is 76.7 Å². The van der Waals surface area contributed by atoms with E-state index >= 15 is 0 Å². The minimum atomic E-state index is -0.246. The predicted octanol–water partition coefficient (Wildman–Crippen LogP) is 4.95. The van der Waals surface area contributed by atoms with Gasteiger partial charge in [0.05, 0.1) is 16.8 Å². The van der Waals surface area contributed by atoms with Gasteiger partial charge in [0.1, 0.15) is 5.82 Å². The molecule has 0 radical (unpaired) electrons. The summed E-state index contributed by atoms with van der Waals surface area (Å²) < 4.78 is 13.2. The molecule has 1 heterocycles. The molecule has 3 aromatic rings. The van der Waals surface area contributed by atoms with E-state index in [-0.39, 0.29) is 11.7 Å². The fourth-order valence-corrected chi connectivity index (χ4v) is 3.70. The normalized spacial score (nSPS) is 15.0. The van der Waals surface area contributed by atoms with Gasteiger partial charge in [0.25, 0.3) is 5.91 Å². The molecule has 0 N–H and O–H groups in total. The molecule has 27 heavy (non-hydrogen) atoms. The number of amides is 1. The van der Waals surface area contributed by atoms with Crippen LogP contribution in [0, 0.1) is 5.82 Å². The fourth-order valence-electron chi connectivity index (χ4n) is 3.70. The zero-order chi connectivity index (χ0) is 19.0. The van der Waals surface area contributed by atoms with Crippen LogP contribution in [0.5, 0.6) is 0 Å². The lowest BCUT2D eigenvalue weighted by Crippen LogP contribution is -2.25. The summed E-state index contributed by atoms with van der Waals surface area (Å²) in [5.41, 5.74) is 5.54. The molecule has 0 saturated carbocycles. The monoisotopic (exact) mass is 360 g/mol. The number of para-hydroxylation sites is 1. The zero-order valence-electron chi connectivity index (χ0n) is 15.5. The second-order valence-corrected chi connectivity index (χ2v) is 7.11. The van der Waals surface area contributed by atoms with Gasteiger partial charge in [-0.25, -0.2) is 9.37 Å². The van der Waals surface area contributed by atoms with Gasteiger partial charge in [-0.3, -0.25) is 4.79 Å². The number of rotatable bonds is 2. The van der Waals surface area contributed by atoms with Crippen LogP contribution in [0.3, 0.4) is 0 Å². The van der Waals surface area contributed by atoms with Crippen molar-refractivity contribution >= 4 is 28.5 Å². The van der Waals surface area contributed by atoms with Gasteiger partial charge in [-0.05, 0) is 60.2 Å². The van der Waals surface area contributed by atoms with Crippen LogP contribution in [-0.4, -0.2) is 29.9 Å². The van der Waals surface area contributed by atoms with E-state index in [0.29, 0.717) is 0 Å². The SMILES string of the molecule is CN(C)C(=O)c1c2c(nc3ccccc13)C(=Cc1ccc(F)cc1)CCC2. The molecule has 0 bridgehead atoms. The molecule has 136 valence electrons. The van der Waals surface area contributed by atoms with Crippen LogP contribution in [0.4, 0.5) is 4.39 Å². The van der Waals surface area contributed by atoms with E-state index in [1.54, 1.807) is 31.1 Å². The summed E-state index contributed by atoms with van der Waals surface area (Å²) in [6, 6.07) is 14.3. The van der Waals surface area contributed by atoms with E-state index in [2.05, 4.69) is 6.08 Å². The van der Waals surface area contributed by atoms with Crippen LogP contribution in [-0.2, 0) is 6.42 Å². The largest absolute Gasteiger partial charge is 0.345 e. The number of carbonyl (C=O) groups is 1. The maximum atomic E-state index is 13.2. The number of fused-ring (bicyclic) bond motifs is 2. The van der Waals surface area contributed by atoms with E-state index in [0.717, 1.165) is 58.1 Å². The molecule has 2 aromatic carbocycles. The van der Waals surface area contributed by atoms with Crippen LogP contribution in [0.1, 0.15) is 40.0 Å². The van der Waals surface area contributed by atoms with Gasteiger partial charge >= 0.3 is 0 Å². The molecule has 4 rings (SSSR count). The first-order valence-corrected chi connectivity index (χ1v) is 9.14. The summed E-state index contributed by atoms with van der Waals surface area (Å²) in [6.45, 7) is 0. The number of aromatic nitrogens is 1. The molecule has 4 heteroatoms. The average molecular weight is 360 g/mol. The van der Waals surface area contributed by atoms with Crippen LogP contribution in [0.15, 0.2) is 48.5 Å². The second kappa shape index (κ2) is 6.95. The second-order valence-electron chi connectivity index (χ2n) is 7.11. The first-order chi connectivity index (χ1) is 13.0. The Morgan fingerprint density at radius 1 is 1.07 bits per heavy atom. The Morgan fingerprint density at radius 3 is 2.56 bits per heavy atom. The third kappa shape index (κ3) is 3.23. The smallest absolute Gasteiger partial charge is 0.254 e. The fraction of sp³-hybridized carbons (Fsp3) is 0.217. The minimum Gasteiger partial charge on any atom is -0.345 e. The number of carbonyl (C=O) groups excluding carboxylic acids is 1. The quantitative estimate of drug-likeness (QED) is 0.648. The molecular formula is C23H21FN2O. The Balaban J connectivity index is 1.95. The van der Waals surface area contributed by atoms with Crippen molar-refractivity contribution in [2.45, 2.75) is 19.3 Å². The number of allylic oxidation sites excluding steroid dienone is 1. The first-order valence-electron chi connectivity index (χ1n) is 9.14. The average Bonchev–Trinajstić information content (AvgIpc) is 2.67. The summed E-state index contributed by atoms with van der Waals surface area (Å²) >= 11 is 0. The Bertz CT molecular complexity index is 1050. The van der Waals surface area contributed by atoms with E-state index in [4.69, 9.17) is 4.98 Å². The van der Waals surface area contributed by atoms with Crippen LogP contribution in [0.2, 0.25) is 0 Å². The molecule has 3 nitrogen and oxygen atoms in total. The number of nitrogens with zero attached hydrogens (tertiary/aromatic N) is 2. The highest BCUT2D eigenvalue weighted by Gasteiger charge is 2.25. The van der Waals surface area contributed by atoms with Gasteiger partial charge in [-0.15, -0.1) is 0 Å². The van der Waals surface area contributed by atoms with Gasteiger partial charge in [0.2, 0.25) is 0 Å². The maximum absolute atomic E-state index is 13.2. The van der Waals surface area contributed by atoms with Crippen LogP contribution >= 0.6 is 0 Å². The highest BCUT2D eigenvalue weighted by atomic mass is 19.1. The predicted molar refractivity (Wildman–Crippen MR) is 107 cm³/mol. The molecule has 1 aliphatic rings. The van der Waals surface area contributed by atoms with Crippen molar-refractivity contribution in [3.8, 4) is 0 Å². The lowest BCUT2D eigenvalue weighted by atomic mass is 9.85. The number of pyridine rings is 1. The minimum absolute atomic E-state index is 0.00730. The Kier molecular flexibility index (Phi) is 4.48. The molecule has 1 amide bonds. The molecule has 0 fully saturated rings. The molecule has 0 atom stereocenters. The van der Waals surface area contributed by atoms with Crippen molar-refractivity contribution in [2.24, 2.45) is 0 Å². The standard InChI is InChI=1S/C23H21FN2O/c1-26(2)23(27)21-18-7-3-4-9-20(18)25-22-16(6-5-8-19(21)22)14-15-10-12-17(24)13-11-15/h3-4,7,9-14H,5-6,8H2,1-2H3. The van der Waals surface area contributed by atoms with Crippen molar-refractivity contribution in [2.75, 3.05) is 14.1 Å². The van der Waals surface area contributed by atoms with E-state index in [1.165, 1.54) is 12.1 Å². The van der Waals surface area contributed by atoms with E-state index < -0.39 is 0 Å². The van der Waals surface area contributed by atoms with E-state index in [9.17, 15) is 9.18 Å². The number of hydrogen-bond acceptors (Lipinski definition) is 2. The van der Waals surface area contributed by atoms with E-state index in [1.807, 2.05) is 24.3 Å². The zero-order valence-corrected chi connectivity index (χ0v) is 15.5. The van der Waals surface area contributed by atoms with Crippen molar-refractivity contribution < 1.29 is 9.18 Å². The maximum Gasteiger partial charge on any atom is 0.254 e. The summed E-state index contributed by atoms with van der Waals surface area (Å²) in [5.74, 6) is -0.239. The number of benzene rings is 2. The highest BCUT2D eigenvalue weighted by Crippen LogP contribution is 2.36. The van der Waals surface area contributed by atoms with Gasteiger partial charge in [-0.2, -0.15) is 0 Å². The molecule has 0 aliphatic heterocycles. The Morgan fingerprint density at radius 2 is 1.81 bits per heavy atom. The van der Waals surface area contributed by atoms with Gasteiger partial charge < -0.3 is 4.90 Å². The molecule has 1 aliphatic carbocycles. The molecule has 0 unspecified atom stereocenters. The lowest BCUT2D eigenvalue weighted by Gasteiger charge is -2.24. The number of halogens is 1. The molecule has 1 aromatic heterocycles. The number of hydrogen-bond donors (Lipinski definition) is 0. The molecular weight excluding hydrogens is 339 g/mol.